The first-order valence-electron chi connectivity index (χ1n) is 5.32. The maximum Gasteiger partial charge on any atom is 0.231 e. The van der Waals surface area contributed by atoms with Gasteiger partial charge >= 0.3 is 0 Å². The summed E-state index contributed by atoms with van der Waals surface area (Å²) in [6, 6.07) is 5.58. The molecule has 0 aliphatic carbocycles. The number of hydrogen-bond acceptors (Lipinski definition) is 3. The molecule has 0 saturated carbocycles. The molecule has 0 aliphatic heterocycles. The van der Waals surface area contributed by atoms with E-state index >= 15 is 0 Å². The fraction of sp³-hybridized carbons (Fsp3) is 0.417. The number of carbonyl (C=O) groups excluding carboxylic acids is 1. The van der Waals surface area contributed by atoms with Crippen LogP contribution in [0.2, 0.25) is 5.02 Å². The van der Waals surface area contributed by atoms with Gasteiger partial charge in [-0.25, -0.2) is 0 Å². The summed E-state index contributed by atoms with van der Waals surface area (Å²) >= 11 is 6.11. The molecule has 1 aromatic carbocycles. The van der Waals surface area contributed by atoms with Crippen LogP contribution in [0.25, 0.3) is 0 Å². The highest BCUT2D eigenvalue weighted by molar-refractivity contribution is 6.31. The fourth-order valence-corrected chi connectivity index (χ4v) is 1.78. The molecule has 2 N–H and O–H groups in total. The Labute approximate surface area is 106 Å². The highest BCUT2D eigenvalue weighted by Gasteiger charge is 2.06. The second-order valence-electron chi connectivity index (χ2n) is 3.91. The summed E-state index contributed by atoms with van der Waals surface area (Å²) in [4.78, 5) is 12.6. The summed E-state index contributed by atoms with van der Waals surface area (Å²) in [6.45, 7) is 0.989. The largest absolute Gasteiger partial charge is 0.497 e. The second kappa shape index (κ2) is 6.47. The third-order valence-corrected chi connectivity index (χ3v) is 2.80. The number of primary amides is 1. The highest BCUT2D eigenvalue weighted by atomic mass is 35.5. The summed E-state index contributed by atoms with van der Waals surface area (Å²) in [5.41, 5.74) is 6.14. The summed E-state index contributed by atoms with van der Waals surface area (Å²) in [7, 11) is 3.45. The Bertz CT molecular complexity index is 396. The molecule has 94 valence electrons. The molecule has 0 aromatic heterocycles. The van der Waals surface area contributed by atoms with E-state index in [0.29, 0.717) is 5.02 Å². The van der Waals surface area contributed by atoms with Crippen LogP contribution in [0.5, 0.6) is 5.75 Å². The molecule has 17 heavy (non-hydrogen) atoms. The molecule has 1 aromatic rings. The van der Waals surface area contributed by atoms with E-state index < -0.39 is 0 Å². The molecule has 1 amide bonds. The molecule has 0 heterocycles. The lowest BCUT2D eigenvalue weighted by atomic mass is 10.1. The molecule has 5 heteroatoms. The molecule has 1 rings (SSSR count). The van der Waals surface area contributed by atoms with Crippen LogP contribution in [0.15, 0.2) is 18.2 Å². The van der Waals surface area contributed by atoms with Crippen LogP contribution in [-0.2, 0) is 11.2 Å². The van der Waals surface area contributed by atoms with Crippen molar-refractivity contribution >= 4 is 17.5 Å². The van der Waals surface area contributed by atoms with Crippen molar-refractivity contribution in [2.24, 2.45) is 5.73 Å². The molecule has 0 bridgehead atoms. The smallest absolute Gasteiger partial charge is 0.231 e. The molecule has 0 spiro atoms. The predicted octanol–water partition coefficient (Wildman–Crippen LogP) is 1.31. The number of amides is 1. The van der Waals surface area contributed by atoms with Crippen molar-refractivity contribution in [2.45, 2.75) is 6.42 Å². The van der Waals surface area contributed by atoms with E-state index in [4.69, 9.17) is 22.1 Å². The fourth-order valence-electron chi connectivity index (χ4n) is 1.51. The van der Waals surface area contributed by atoms with Crippen molar-refractivity contribution in [3.8, 4) is 5.75 Å². The SMILES string of the molecule is COc1ccc(CCN(C)CC(N)=O)c(Cl)c1. The summed E-state index contributed by atoms with van der Waals surface area (Å²) in [5.74, 6) is 0.414. The first-order chi connectivity index (χ1) is 8.02. The maximum absolute atomic E-state index is 10.7. The number of methoxy groups -OCH3 is 1. The molecule has 0 aliphatic rings. The predicted molar refractivity (Wildman–Crippen MR) is 68.4 cm³/mol. The first-order valence-corrected chi connectivity index (χ1v) is 5.70. The van der Waals surface area contributed by atoms with E-state index in [2.05, 4.69) is 0 Å². The van der Waals surface area contributed by atoms with Crippen LogP contribution in [0.1, 0.15) is 5.56 Å². The number of nitrogens with two attached hydrogens (primary N) is 1. The Hall–Kier alpha value is -1.26. The van der Waals surface area contributed by atoms with Gasteiger partial charge in [-0.15, -0.1) is 0 Å². The van der Waals surface area contributed by atoms with Gasteiger partial charge in [0.05, 0.1) is 13.7 Å². The van der Waals surface area contributed by atoms with Crippen LogP contribution < -0.4 is 10.5 Å². The van der Waals surface area contributed by atoms with Crippen molar-refractivity contribution in [3.05, 3.63) is 28.8 Å². The average molecular weight is 257 g/mol. The molecule has 0 saturated heterocycles. The lowest BCUT2D eigenvalue weighted by Crippen LogP contribution is -2.32. The topological polar surface area (TPSA) is 55.6 Å². The van der Waals surface area contributed by atoms with Gasteiger partial charge in [0.15, 0.2) is 0 Å². The van der Waals surface area contributed by atoms with E-state index in [9.17, 15) is 4.79 Å². The zero-order valence-electron chi connectivity index (χ0n) is 10.1. The van der Waals surface area contributed by atoms with Crippen molar-refractivity contribution in [3.63, 3.8) is 0 Å². The van der Waals surface area contributed by atoms with Gasteiger partial charge in [0.1, 0.15) is 5.75 Å². The van der Waals surface area contributed by atoms with Crippen molar-refractivity contribution in [2.75, 3.05) is 27.2 Å². The van der Waals surface area contributed by atoms with Crippen LogP contribution in [0.4, 0.5) is 0 Å². The highest BCUT2D eigenvalue weighted by Crippen LogP contribution is 2.22. The number of likely N-dealkylation sites (N-methyl/N-ethyl adjacent to an activating group) is 1. The first kappa shape index (κ1) is 13.8. The van der Waals surface area contributed by atoms with Gasteiger partial charge in [0, 0.05) is 11.6 Å². The van der Waals surface area contributed by atoms with Gasteiger partial charge in [-0.3, -0.25) is 9.69 Å². The normalized spacial score (nSPS) is 10.6. The zero-order chi connectivity index (χ0) is 12.8. The van der Waals surface area contributed by atoms with E-state index in [-0.39, 0.29) is 12.5 Å². The van der Waals surface area contributed by atoms with E-state index in [1.54, 1.807) is 13.2 Å². The van der Waals surface area contributed by atoms with E-state index in [1.165, 1.54) is 0 Å². The molecule has 0 atom stereocenters. The average Bonchev–Trinajstić information content (AvgIpc) is 2.26. The molecular formula is C12H17ClN2O2. The Morgan fingerprint density at radius 2 is 2.24 bits per heavy atom. The van der Waals surface area contributed by atoms with Crippen molar-refractivity contribution in [1.82, 2.24) is 4.90 Å². The zero-order valence-corrected chi connectivity index (χ0v) is 10.8. The number of benzene rings is 1. The number of halogens is 1. The van der Waals surface area contributed by atoms with E-state index in [1.807, 2.05) is 24.1 Å². The number of rotatable bonds is 6. The summed E-state index contributed by atoms with van der Waals surface area (Å²) in [6.07, 6.45) is 0.770. The Morgan fingerprint density at radius 1 is 1.53 bits per heavy atom. The third-order valence-electron chi connectivity index (χ3n) is 2.45. The van der Waals surface area contributed by atoms with Gasteiger partial charge in [-0.1, -0.05) is 17.7 Å². The van der Waals surface area contributed by atoms with Crippen LogP contribution >= 0.6 is 11.6 Å². The van der Waals surface area contributed by atoms with Gasteiger partial charge in [-0.2, -0.15) is 0 Å². The van der Waals surface area contributed by atoms with Crippen LogP contribution in [-0.4, -0.2) is 38.1 Å². The van der Waals surface area contributed by atoms with E-state index in [0.717, 1.165) is 24.3 Å². The minimum atomic E-state index is -0.326. The van der Waals surface area contributed by atoms with Crippen molar-refractivity contribution in [1.29, 1.82) is 0 Å². The summed E-state index contributed by atoms with van der Waals surface area (Å²) < 4.78 is 5.07. The maximum atomic E-state index is 10.7. The number of ether oxygens (including phenoxy) is 1. The third kappa shape index (κ3) is 4.63. The standard InChI is InChI=1S/C12H17ClN2O2/c1-15(8-12(14)16)6-5-9-3-4-10(17-2)7-11(9)13/h3-4,7H,5-6,8H2,1-2H3,(H2,14,16). The second-order valence-corrected chi connectivity index (χ2v) is 4.32. The number of nitrogens with zero attached hydrogens (tertiary/aromatic N) is 1. The van der Waals surface area contributed by atoms with Crippen LogP contribution in [0, 0.1) is 0 Å². The quantitative estimate of drug-likeness (QED) is 0.835. The van der Waals surface area contributed by atoms with Gasteiger partial charge < -0.3 is 10.5 Å². The van der Waals surface area contributed by atoms with Crippen LogP contribution in [0.3, 0.4) is 0 Å². The monoisotopic (exact) mass is 256 g/mol. The van der Waals surface area contributed by atoms with Gasteiger partial charge in [-0.05, 0) is 31.2 Å². The Balaban J connectivity index is 2.54. The lowest BCUT2D eigenvalue weighted by Gasteiger charge is -2.15. The van der Waals surface area contributed by atoms with Gasteiger partial charge in [0.25, 0.3) is 0 Å². The minimum Gasteiger partial charge on any atom is -0.497 e. The Morgan fingerprint density at radius 3 is 2.76 bits per heavy atom. The molecule has 0 unspecified atom stereocenters. The minimum absolute atomic E-state index is 0.258. The molecule has 4 nitrogen and oxygen atoms in total. The van der Waals surface area contributed by atoms with Crippen molar-refractivity contribution < 1.29 is 9.53 Å². The molecular weight excluding hydrogens is 240 g/mol. The number of hydrogen-bond donors (Lipinski definition) is 1. The number of carbonyl (C=O) groups is 1. The lowest BCUT2D eigenvalue weighted by molar-refractivity contribution is -0.118. The van der Waals surface area contributed by atoms with Gasteiger partial charge in [0.2, 0.25) is 5.91 Å². The summed E-state index contributed by atoms with van der Waals surface area (Å²) in [5, 5.41) is 0.678. The Kier molecular flexibility index (Phi) is 5.25. The molecule has 0 radical (unpaired) electrons. The molecule has 0 fully saturated rings.